The summed E-state index contributed by atoms with van der Waals surface area (Å²) in [6.45, 7) is 2.18. The zero-order chi connectivity index (χ0) is 16.9. The lowest BCUT2D eigenvalue weighted by Crippen LogP contribution is -2.06. The average molecular weight is 324 g/mol. The van der Waals surface area contributed by atoms with Gasteiger partial charge in [0.1, 0.15) is 6.10 Å². The van der Waals surface area contributed by atoms with Crippen LogP contribution in [0.25, 0.3) is 0 Å². The van der Waals surface area contributed by atoms with Crippen LogP contribution in [0.2, 0.25) is 0 Å². The number of ketones is 1. The second kappa shape index (κ2) is 12.3. The Bertz CT molecular complexity index is 376. The van der Waals surface area contributed by atoms with Gasteiger partial charge in [-0.1, -0.05) is 51.5 Å². The number of ether oxygens (including phenoxy) is 2. The van der Waals surface area contributed by atoms with Gasteiger partial charge in [0.25, 0.3) is 0 Å². The molecule has 0 N–H and O–H groups in total. The molecule has 2 atom stereocenters. The van der Waals surface area contributed by atoms with Crippen LogP contribution in [0.5, 0.6) is 0 Å². The van der Waals surface area contributed by atoms with Gasteiger partial charge in [0.2, 0.25) is 0 Å². The molecule has 0 spiro atoms. The van der Waals surface area contributed by atoms with Gasteiger partial charge in [-0.15, -0.1) is 0 Å². The molecule has 4 heteroatoms. The molecule has 1 aliphatic heterocycles. The summed E-state index contributed by atoms with van der Waals surface area (Å²) in [5, 5.41) is 0. The first-order chi connectivity index (χ1) is 11.2. The molecule has 0 aromatic rings. The van der Waals surface area contributed by atoms with E-state index in [1.54, 1.807) is 6.08 Å². The van der Waals surface area contributed by atoms with E-state index in [0.717, 1.165) is 51.4 Å². The zero-order valence-electron chi connectivity index (χ0n) is 14.7. The summed E-state index contributed by atoms with van der Waals surface area (Å²) < 4.78 is 10.1. The van der Waals surface area contributed by atoms with Crippen LogP contribution in [-0.2, 0) is 19.1 Å². The third kappa shape index (κ3) is 9.54. The highest BCUT2D eigenvalue weighted by Crippen LogP contribution is 2.28. The Kier molecular flexibility index (Phi) is 10.6. The van der Waals surface area contributed by atoms with Gasteiger partial charge in [-0.25, -0.2) is 0 Å². The van der Waals surface area contributed by atoms with Gasteiger partial charge in [0, 0.05) is 6.42 Å². The molecule has 4 nitrogen and oxygen atoms in total. The van der Waals surface area contributed by atoms with Crippen LogP contribution in [0.4, 0.5) is 0 Å². The molecule has 0 amide bonds. The molecule has 0 aromatic carbocycles. The van der Waals surface area contributed by atoms with Crippen LogP contribution < -0.4 is 0 Å². The van der Waals surface area contributed by atoms with Gasteiger partial charge in [0.15, 0.2) is 5.78 Å². The van der Waals surface area contributed by atoms with E-state index in [9.17, 15) is 9.59 Å². The predicted octanol–water partition coefficient (Wildman–Crippen LogP) is 4.36. The summed E-state index contributed by atoms with van der Waals surface area (Å²) >= 11 is 0. The summed E-state index contributed by atoms with van der Waals surface area (Å²) in [7, 11) is 1.43. The molecule has 1 saturated heterocycles. The van der Waals surface area contributed by atoms with E-state index in [1.807, 2.05) is 6.08 Å². The fourth-order valence-corrected chi connectivity index (χ4v) is 2.67. The minimum absolute atomic E-state index is 0.125. The minimum atomic E-state index is -0.184. The van der Waals surface area contributed by atoms with E-state index in [2.05, 4.69) is 11.7 Å². The molecule has 0 aromatic heterocycles. The maximum atomic E-state index is 11.9. The fourth-order valence-electron chi connectivity index (χ4n) is 2.67. The molecule has 132 valence electrons. The smallest absolute Gasteiger partial charge is 0.305 e. The number of unbranched alkanes of at least 4 members (excludes halogenated alkanes) is 7. The topological polar surface area (TPSA) is 55.9 Å². The summed E-state index contributed by atoms with van der Waals surface area (Å²) in [5.41, 5.74) is 0. The van der Waals surface area contributed by atoms with E-state index < -0.39 is 0 Å². The Morgan fingerprint density at radius 2 is 1.78 bits per heavy atom. The van der Waals surface area contributed by atoms with Crippen molar-refractivity contribution in [1.29, 1.82) is 0 Å². The number of carbonyl (C=O) groups is 2. The Hall–Kier alpha value is -1.16. The van der Waals surface area contributed by atoms with E-state index >= 15 is 0 Å². The predicted molar refractivity (Wildman–Crippen MR) is 91.3 cm³/mol. The minimum Gasteiger partial charge on any atom is -0.469 e. The van der Waals surface area contributed by atoms with E-state index in [1.165, 1.54) is 20.0 Å². The van der Waals surface area contributed by atoms with Crippen LogP contribution >= 0.6 is 0 Å². The van der Waals surface area contributed by atoms with Crippen molar-refractivity contribution in [1.82, 2.24) is 0 Å². The van der Waals surface area contributed by atoms with Crippen molar-refractivity contribution in [2.24, 2.45) is 0 Å². The van der Waals surface area contributed by atoms with Gasteiger partial charge in [-0.3, -0.25) is 9.59 Å². The largest absolute Gasteiger partial charge is 0.469 e. The third-order valence-electron chi connectivity index (χ3n) is 4.22. The van der Waals surface area contributed by atoms with Crippen molar-refractivity contribution in [3.05, 3.63) is 12.2 Å². The Morgan fingerprint density at radius 3 is 2.52 bits per heavy atom. The molecule has 0 bridgehead atoms. The molecule has 1 fully saturated rings. The van der Waals surface area contributed by atoms with Crippen molar-refractivity contribution < 1.29 is 19.1 Å². The maximum absolute atomic E-state index is 11.9. The van der Waals surface area contributed by atoms with Gasteiger partial charge in [-0.05, 0) is 31.8 Å². The summed E-state index contributed by atoms with van der Waals surface area (Å²) in [6.07, 6.45) is 15.0. The van der Waals surface area contributed by atoms with Crippen molar-refractivity contribution >= 4 is 11.8 Å². The molecule has 1 heterocycles. The number of hydrogen-bond donors (Lipinski definition) is 0. The Morgan fingerprint density at radius 1 is 1.04 bits per heavy atom. The third-order valence-corrected chi connectivity index (χ3v) is 4.22. The van der Waals surface area contributed by atoms with Crippen LogP contribution in [-0.4, -0.2) is 31.1 Å². The number of esters is 1. The van der Waals surface area contributed by atoms with E-state index in [4.69, 9.17) is 4.74 Å². The maximum Gasteiger partial charge on any atom is 0.305 e. The number of allylic oxidation sites excluding steroid dienone is 1. The Balaban J connectivity index is 1.94. The molecular weight excluding hydrogens is 292 g/mol. The number of rotatable bonds is 14. The zero-order valence-corrected chi connectivity index (χ0v) is 14.7. The SMILES string of the molecule is CCCCC/C=C\C(=O)C1OC1CCCCCCCC(=O)OC. The lowest BCUT2D eigenvalue weighted by Gasteiger charge is -2.00. The van der Waals surface area contributed by atoms with E-state index in [0.29, 0.717) is 6.42 Å². The normalized spacial score (nSPS) is 19.9. The van der Waals surface area contributed by atoms with Gasteiger partial charge >= 0.3 is 5.97 Å². The number of epoxide rings is 1. The number of hydrogen-bond acceptors (Lipinski definition) is 4. The molecular formula is C19H32O4. The molecule has 1 rings (SSSR count). The first kappa shape index (κ1) is 19.9. The second-order valence-corrected chi connectivity index (χ2v) is 6.28. The summed E-state index contributed by atoms with van der Waals surface area (Å²) in [5.74, 6) is 0.00469. The molecule has 0 aliphatic carbocycles. The lowest BCUT2D eigenvalue weighted by atomic mass is 10.1. The van der Waals surface area contributed by atoms with E-state index in [-0.39, 0.29) is 24.0 Å². The van der Waals surface area contributed by atoms with Crippen molar-refractivity contribution in [3.8, 4) is 0 Å². The first-order valence-corrected chi connectivity index (χ1v) is 9.11. The standard InChI is InChI=1S/C19H32O4/c1-3-4-5-7-10-13-16(20)19-17(23-19)14-11-8-6-9-12-15-18(21)22-2/h10,13,17,19H,3-9,11-12,14-15H2,1-2H3/b13-10-. The van der Waals surface area contributed by atoms with Gasteiger partial charge in [-0.2, -0.15) is 0 Å². The second-order valence-electron chi connectivity index (χ2n) is 6.28. The van der Waals surface area contributed by atoms with Gasteiger partial charge in [0.05, 0.1) is 13.2 Å². The summed E-state index contributed by atoms with van der Waals surface area (Å²) in [6, 6.07) is 0. The molecule has 1 aliphatic rings. The highest BCUT2D eigenvalue weighted by atomic mass is 16.6. The average Bonchev–Trinajstić information content (AvgIpc) is 3.33. The first-order valence-electron chi connectivity index (χ1n) is 9.11. The van der Waals surface area contributed by atoms with Crippen LogP contribution in [0.1, 0.15) is 77.6 Å². The molecule has 0 saturated carbocycles. The van der Waals surface area contributed by atoms with Crippen LogP contribution in [0, 0.1) is 0 Å². The summed E-state index contributed by atoms with van der Waals surface area (Å²) in [4.78, 5) is 22.8. The number of carbonyl (C=O) groups excluding carboxylic acids is 2. The lowest BCUT2D eigenvalue weighted by molar-refractivity contribution is -0.140. The van der Waals surface area contributed by atoms with Crippen LogP contribution in [0.3, 0.4) is 0 Å². The van der Waals surface area contributed by atoms with Gasteiger partial charge < -0.3 is 9.47 Å². The highest BCUT2D eigenvalue weighted by molar-refractivity contribution is 5.95. The van der Waals surface area contributed by atoms with Crippen molar-refractivity contribution in [2.75, 3.05) is 7.11 Å². The number of methoxy groups -OCH3 is 1. The monoisotopic (exact) mass is 324 g/mol. The fraction of sp³-hybridized carbons (Fsp3) is 0.789. The quantitative estimate of drug-likeness (QED) is 0.206. The highest BCUT2D eigenvalue weighted by Gasteiger charge is 2.42. The van der Waals surface area contributed by atoms with Crippen molar-refractivity contribution in [2.45, 2.75) is 89.8 Å². The molecule has 2 unspecified atom stereocenters. The Labute approximate surface area is 140 Å². The van der Waals surface area contributed by atoms with Crippen molar-refractivity contribution in [3.63, 3.8) is 0 Å². The van der Waals surface area contributed by atoms with Crippen LogP contribution in [0.15, 0.2) is 12.2 Å². The molecule has 0 radical (unpaired) electrons. The molecule has 23 heavy (non-hydrogen) atoms.